The Bertz CT molecular complexity index is 209. The zero-order valence-electron chi connectivity index (χ0n) is 6.01. The number of allylic oxidation sites excluding steroid dienone is 2. The average molecular weight is 133 g/mol. The number of hydrogen-bond donors (Lipinski definition) is 0. The Morgan fingerprint density at radius 2 is 2.40 bits per heavy atom. The second-order valence-electron chi connectivity index (χ2n) is 3.38. The molecule has 10 heavy (non-hydrogen) atoms. The smallest absolute Gasteiger partial charge is 0.0946 e. The highest BCUT2D eigenvalue weighted by atomic mass is 14.4. The Hall–Kier alpha value is -0.770. The molecule has 1 nitrogen and oxygen atoms in total. The van der Waals surface area contributed by atoms with Crippen LogP contribution in [0.2, 0.25) is 0 Å². The summed E-state index contributed by atoms with van der Waals surface area (Å²) in [6.45, 7) is 0. The second kappa shape index (κ2) is 2.12. The molecule has 0 heterocycles. The van der Waals surface area contributed by atoms with E-state index in [1.54, 1.807) is 0 Å². The summed E-state index contributed by atoms with van der Waals surface area (Å²) in [4.78, 5) is 0. The van der Waals surface area contributed by atoms with Gasteiger partial charge in [0, 0.05) is 5.57 Å². The van der Waals surface area contributed by atoms with Gasteiger partial charge in [-0.25, -0.2) is 0 Å². The van der Waals surface area contributed by atoms with Gasteiger partial charge in [-0.2, -0.15) is 5.26 Å². The predicted molar refractivity (Wildman–Crippen MR) is 39.1 cm³/mol. The third-order valence-electron chi connectivity index (χ3n) is 2.78. The largest absolute Gasteiger partial charge is 0.193 e. The van der Waals surface area contributed by atoms with E-state index in [1.807, 2.05) is 0 Å². The van der Waals surface area contributed by atoms with Gasteiger partial charge < -0.3 is 0 Å². The van der Waals surface area contributed by atoms with Crippen molar-refractivity contribution in [3.05, 3.63) is 11.6 Å². The van der Waals surface area contributed by atoms with Gasteiger partial charge in [0.25, 0.3) is 0 Å². The lowest BCUT2D eigenvalue weighted by Gasteiger charge is -2.14. The number of rotatable bonds is 0. The highest BCUT2D eigenvalue weighted by Gasteiger charge is 2.30. The summed E-state index contributed by atoms with van der Waals surface area (Å²) in [6.07, 6.45) is 7.22. The third-order valence-corrected chi connectivity index (χ3v) is 2.78. The minimum Gasteiger partial charge on any atom is -0.193 e. The van der Waals surface area contributed by atoms with Crippen LogP contribution < -0.4 is 0 Å². The average Bonchev–Trinajstić information content (AvgIpc) is 2.34. The van der Waals surface area contributed by atoms with Crippen LogP contribution in [0.15, 0.2) is 11.6 Å². The summed E-state index contributed by atoms with van der Waals surface area (Å²) in [5, 5.41) is 8.69. The van der Waals surface area contributed by atoms with E-state index in [9.17, 15) is 0 Å². The van der Waals surface area contributed by atoms with Gasteiger partial charge in [-0.05, 0) is 37.5 Å². The molecule has 52 valence electrons. The molecular weight excluding hydrogens is 122 g/mol. The third kappa shape index (κ3) is 0.759. The fourth-order valence-electron chi connectivity index (χ4n) is 2.17. The topological polar surface area (TPSA) is 23.8 Å². The Labute approximate surface area is 61.4 Å². The van der Waals surface area contributed by atoms with Crippen molar-refractivity contribution in [1.29, 1.82) is 5.26 Å². The Balaban J connectivity index is 2.24. The molecule has 0 N–H and O–H groups in total. The van der Waals surface area contributed by atoms with Crippen LogP contribution in [0.3, 0.4) is 0 Å². The normalized spacial score (nSPS) is 36.9. The fourth-order valence-corrected chi connectivity index (χ4v) is 2.17. The quantitative estimate of drug-likeness (QED) is 0.497. The zero-order chi connectivity index (χ0) is 6.97. The number of fused-ring (bicyclic) bond motifs is 2. The van der Waals surface area contributed by atoms with E-state index in [0.29, 0.717) is 5.92 Å². The molecule has 1 saturated carbocycles. The maximum atomic E-state index is 8.69. The molecular formula is C9H11N. The number of nitrogens with zero attached hydrogens (tertiary/aromatic N) is 1. The van der Waals surface area contributed by atoms with Crippen molar-refractivity contribution in [3.63, 3.8) is 0 Å². The molecule has 2 atom stereocenters. The molecule has 0 aromatic carbocycles. The predicted octanol–water partition coefficient (Wildman–Crippen LogP) is 2.26. The molecule has 0 aromatic rings. The molecule has 0 radical (unpaired) electrons. The Kier molecular flexibility index (Phi) is 1.27. The van der Waals surface area contributed by atoms with Crippen molar-refractivity contribution in [2.45, 2.75) is 25.7 Å². The van der Waals surface area contributed by atoms with E-state index in [1.165, 1.54) is 25.7 Å². The van der Waals surface area contributed by atoms with Crippen LogP contribution in [0.25, 0.3) is 0 Å². The van der Waals surface area contributed by atoms with Crippen LogP contribution in [0.4, 0.5) is 0 Å². The second-order valence-corrected chi connectivity index (χ2v) is 3.38. The van der Waals surface area contributed by atoms with E-state index >= 15 is 0 Å². The van der Waals surface area contributed by atoms with Crippen molar-refractivity contribution < 1.29 is 0 Å². The van der Waals surface area contributed by atoms with Gasteiger partial charge in [-0.15, -0.1) is 0 Å². The molecule has 1 fully saturated rings. The van der Waals surface area contributed by atoms with E-state index in [2.05, 4.69) is 12.1 Å². The van der Waals surface area contributed by atoms with Gasteiger partial charge in [0.1, 0.15) is 0 Å². The monoisotopic (exact) mass is 133 g/mol. The van der Waals surface area contributed by atoms with Gasteiger partial charge >= 0.3 is 0 Å². The van der Waals surface area contributed by atoms with Gasteiger partial charge in [-0.1, -0.05) is 6.08 Å². The van der Waals surface area contributed by atoms with Crippen molar-refractivity contribution in [2.24, 2.45) is 11.8 Å². The molecule has 2 aliphatic rings. The molecule has 2 aliphatic carbocycles. The fraction of sp³-hybridized carbons (Fsp3) is 0.667. The van der Waals surface area contributed by atoms with Crippen LogP contribution in [0.5, 0.6) is 0 Å². The van der Waals surface area contributed by atoms with Crippen LogP contribution in [-0.2, 0) is 0 Å². The van der Waals surface area contributed by atoms with E-state index < -0.39 is 0 Å². The highest BCUT2D eigenvalue weighted by molar-refractivity contribution is 5.27. The number of nitriles is 1. The summed E-state index contributed by atoms with van der Waals surface area (Å²) in [7, 11) is 0. The van der Waals surface area contributed by atoms with Crippen molar-refractivity contribution in [1.82, 2.24) is 0 Å². The minimum absolute atomic E-state index is 0.642. The molecule has 1 heteroatoms. The first kappa shape index (κ1) is 5.97. The van der Waals surface area contributed by atoms with Gasteiger partial charge in [0.15, 0.2) is 0 Å². The summed E-state index contributed by atoms with van der Waals surface area (Å²) < 4.78 is 0. The highest BCUT2D eigenvalue weighted by Crippen LogP contribution is 2.41. The lowest BCUT2D eigenvalue weighted by Crippen LogP contribution is -2.04. The molecule has 0 aromatic heterocycles. The first-order valence-electron chi connectivity index (χ1n) is 4.00. The van der Waals surface area contributed by atoms with Crippen LogP contribution in [-0.4, -0.2) is 0 Å². The van der Waals surface area contributed by atoms with Crippen LogP contribution in [0.1, 0.15) is 25.7 Å². The molecule has 2 rings (SSSR count). The maximum Gasteiger partial charge on any atom is 0.0946 e. The first-order chi connectivity index (χ1) is 4.90. The van der Waals surface area contributed by atoms with E-state index in [4.69, 9.17) is 5.26 Å². The number of hydrogen-bond acceptors (Lipinski definition) is 1. The summed E-state index contributed by atoms with van der Waals surface area (Å²) in [6, 6.07) is 2.29. The first-order valence-corrected chi connectivity index (χ1v) is 4.00. The Morgan fingerprint density at radius 1 is 1.50 bits per heavy atom. The molecule has 0 saturated heterocycles. The van der Waals surface area contributed by atoms with Gasteiger partial charge in [-0.3, -0.25) is 0 Å². The molecule has 0 spiro atoms. The standard InChI is InChI=1S/C9H11N/c10-6-9-4-2-7-1-3-8(9)5-7/h4,7-8H,1-3,5H2/t7-,8+/m1/s1. The van der Waals surface area contributed by atoms with E-state index in [0.717, 1.165) is 11.5 Å². The molecule has 0 unspecified atom stereocenters. The van der Waals surface area contributed by atoms with Crippen LogP contribution >= 0.6 is 0 Å². The summed E-state index contributed by atoms with van der Waals surface area (Å²) in [5.41, 5.74) is 1.06. The summed E-state index contributed by atoms with van der Waals surface area (Å²) >= 11 is 0. The molecule has 0 amide bonds. The van der Waals surface area contributed by atoms with Crippen molar-refractivity contribution in [2.75, 3.05) is 0 Å². The maximum absolute atomic E-state index is 8.69. The van der Waals surface area contributed by atoms with Gasteiger partial charge in [0.05, 0.1) is 6.07 Å². The lowest BCUT2D eigenvalue weighted by molar-refractivity contribution is 0.510. The zero-order valence-corrected chi connectivity index (χ0v) is 6.01. The lowest BCUT2D eigenvalue weighted by atomic mass is 9.89. The minimum atomic E-state index is 0.642. The Morgan fingerprint density at radius 3 is 3.20 bits per heavy atom. The SMILES string of the molecule is N#CC1=CC[C@H]2CC[C@H]1C2. The van der Waals surface area contributed by atoms with E-state index in [-0.39, 0.29) is 0 Å². The van der Waals surface area contributed by atoms with Gasteiger partial charge in [0.2, 0.25) is 0 Å². The van der Waals surface area contributed by atoms with Crippen LogP contribution in [0, 0.1) is 23.2 Å². The molecule has 0 aliphatic heterocycles. The van der Waals surface area contributed by atoms with Crippen molar-refractivity contribution in [3.8, 4) is 6.07 Å². The summed E-state index contributed by atoms with van der Waals surface area (Å²) in [5.74, 6) is 1.56. The van der Waals surface area contributed by atoms with Crippen molar-refractivity contribution >= 4 is 0 Å². The molecule has 2 bridgehead atoms.